The normalized spacial score (nSPS) is 15.5. The van der Waals surface area contributed by atoms with Crippen molar-refractivity contribution in [3.8, 4) is 0 Å². The van der Waals surface area contributed by atoms with Gasteiger partial charge in [0.15, 0.2) is 5.78 Å². The van der Waals surface area contributed by atoms with Crippen LogP contribution in [0.1, 0.15) is 30.6 Å². The summed E-state index contributed by atoms with van der Waals surface area (Å²) in [7, 11) is 0. The number of benzene rings is 1. The monoisotopic (exact) mass is 515 g/mol. The molecule has 0 saturated heterocycles. The standard InChI is InChI=1S/C25H30ClN5O3S/c1-4-18(7-6-16(2)26)14-31-15-20(22(33)13-27-10-5-11-32)24(34)30-25(31)29-19-8-9-21-23(12-19)35-17(3)28-21/h4,6-9,12,15,17,27-28,32H,1,5,10-11,13-14H2,2-3H3,(H,29,30,34)/b16-6+,18-7+. The molecule has 1 aliphatic rings. The minimum atomic E-state index is -0.607. The Morgan fingerprint density at radius 1 is 1.40 bits per heavy atom. The molecular weight excluding hydrogens is 486 g/mol. The minimum Gasteiger partial charge on any atom is -0.396 e. The average molecular weight is 516 g/mol. The number of thioether (sulfide) groups is 1. The Morgan fingerprint density at radius 3 is 2.91 bits per heavy atom. The van der Waals surface area contributed by atoms with Gasteiger partial charge in [0.2, 0.25) is 5.95 Å². The fourth-order valence-corrected chi connectivity index (χ4v) is 4.47. The maximum Gasteiger partial charge on any atom is 0.285 e. The second-order valence-electron chi connectivity index (χ2n) is 8.03. The number of rotatable bonds is 12. The molecule has 1 unspecified atom stereocenters. The smallest absolute Gasteiger partial charge is 0.285 e. The van der Waals surface area contributed by atoms with Crippen LogP contribution in [0.25, 0.3) is 0 Å². The first kappa shape index (κ1) is 26.7. The third kappa shape index (κ3) is 7.57. The van der Waals surface area contributed by atoms with Gasteiger partial charge in [0.05, 0.1) is 18.5 Å². The molecule has 0 spiro atoms. The van der Waals surface area contributed by atoms with Crippen LogP contribution >= 0.6 is 23.4 Å². The molecule has 1 aromatic heterocycles. The Hall–Kier alpha value is -2.85. The molecule has 3 rings (SSSR count). The number of aliphatic hydroxyl groups excluding tert-OH is 1. The number of carbonyl (C=O) groups excluding carboxylic acids is 1. The van der Waals surface area contributed by atoms with Crippen LogP contribution in [0.2, 0.25) is 0 Å². The number of nitrogens with zero attached hydrogens (tertiary/aromatic N) is 2. The molecule has 10 heteroatoms. The molecule has 1 aromatic carbocycles. The largest absolute Gasteiger partial charge is 0.396 e. The zero-order valence-corrected chi connectivity index (χ0v) is 21.4. The lowest BCUT2D eigenvalue weighted by Crippen LogP contribution is -2.30. The molecule has 0 bridgehead atoms. The minimum absolute atomic E-state index is 0.0120. The summed E-state index contributed by atoms with van der Waals surface area (Å²) in [6, 6.07) is 5.89. The van der Waals surface area contributed by atoms with Gasteiger partial charge in [-0.15, -0.1) is 0 Å². The summed E-state index contributed by atoms with van der Waals surface area (Å²) in [5.41, 5.74) is 2.04. The quantitative estimate of drug-likeness (QED) is 0.189. The van der Waals surface area contributed by atoms with Crippen LogP contribution in [0.3, 0.4) is 0 Å². The molecule has 0 aliphatic carbocycles. The van der Waals surface area contributed by atoms with Gasteiger partial charge in [-0.1, -0.05) is 42.1 Å². The molecule has 0 amide bonds. The van der Waals surface area contributed by atoms with E-state index in [0.29, 0.717) is 30.5 Å². The second kappa shape index (κ2) is 12.7. The Bertz CT molecular complexity index is 1200. The Kier molecular flexibility index (Phi) is 9.73. The van der Waals surface area contributed by atoms with Crippen molar-refractivity contribution in [1.29, 1.82) is 0 Å². The van der Waals surface area contributed by atoms with Crippen molar-refractivity contribution in [3.63, 3.8) is 0 Å². The van der Waals surface area contributed by atoms with E-state index in [1.54, 1.807) is 35.4 Å². The van der Waals surface area contributed by atoms with E-state index in [1.807, 2.05) is 24.3 Å². The number of Topliss-reactive ketones (excluding diaryl/α,β-unsaturated/α-hetero) is 1. The highest BCUT2D eigenvalue weighted by molar-refractivity contribution is 8.00. The third-order valence-corrected chi connectivity index (χ3v) is 6.32. The van der Waals surface area contributed by atoms with E-state index in [2.05, 4.69) is 34.4 Å². The summed E-state index contributed by atoms with van der Waals surface area (Å²) in [6.07, 6.45) is 7.31. The van der Waals surface area contributed by atoms with Crippen molar-refractivity contribution in [3.05, 3.63) is 75.7 Å². The summed E-state index contributed by atoms with van der Waals surface area (Å²) < 4.78 is 1.72. The number of aromatic nitrogens is 2. The van der Waals surface area contributed by atoms with Crippen molar-refractivity contribution in [1.82, 2.24) is 14.9 Å². The van der Waals surface area contributed by atoms with Crippen LogP contribution < -0.4 is 21.5 Å². The first-order valence-electron chi connectivity index (χ1n) is 11.3. The van der Waals surface area contributed by atoms with E-state index < -0.39 is 5.56 Å². The van der Waals surface area contributed by atoms with Crippen LogP contribution in [0.5, 0.6) is 0 Å². The summed E-state index contributed by atoms with van der Waals surface area (Å²) in [5, 5.41) is 19.4. The van der Waals surface area contributed by atoms with E-state index >= 15 is 0 Å². The van der Waals surface area contributed by atoms with Crippen molar-refractivity contribution in [2.75, 3.05) is 30.3 Å². The van der Waals surface area contributed by atoms with Gasteiger partial charge in [0.1, 0.15) is 5.56 Å². The molecule has 1 atom stereocenters. The number of ketones is 1. The molecule has 0 radical (unpaired) electrons. The predicted octanol–water partition coefficient (Wildman–Crippen LogP) is 4.26. The van der Waals surface area contributed by atoms with Crippen LogP contribution in [0.15, 0.2) is 69.5 Å². The van der Waals surface area contributed by atoms with Gasteiger partial charge in [0, 0.05) is 34.1 Å². The maximum absolute atomic E-state index is 12.8. The molecule has 0 saturated carbocycles. The van der Waals surface area contributed by atoms with Gasteiger partial charge in [-0.3, -0.25) is 9.59 Å². The van der Waals surface area contributed by atoms with E-state index in [0.717, 1.165) is 21.8 Å². The molecular formula is C25H30ClN5O3S. The van der Waals surface area contributed by atoms with Crippen LogP contribution in [-0.4, -0.2) is 45.5 Å². The predicted molar refractivity (Wildman–Crippen MR) is 144 cm³/mol. The molecule has 8 nitrogen and oxygen atoms in total. The molecule has 186 valence electrons. The van der Waals surface area contributed by atoms with Crippen molar-refractivity contribution >= 4 is 46.5 Å². The van der Waals surface area contributed by atoms with Crippen LogP contribution in [-0.2, 0) is 6.54 Å². The maximum atomic E-state index is 12.8. The zero-order valence-electron chi connectivity index (χ0n) is 19.8. The number of aliphatic hydroxyl groups is 1. The zero-order chi connectivity index (χ0) is 25.4. The number of nitrogens with one attached hydrogen (secondary N) is 3. The van der Waals surface area contributed by atoms with Gasteiger partial charge in [0.25, 0.3) is 5.56 Å². The average Bonchev–Trinajstić information content (AvgIpc) is 3.19. The van der Waals surface area contributed by atoms with Crippen molar-refractivity contribution in [2.45, 2.75) is 37.1 Å². The Labute approximate surface area is 214 Å². The van der Waals surface area contributed by atoms with Crippen molar-refractivity contribution in [2.24, 2.45) is 0 Å². The van der Waals surface area contributed by atoms with E-state index in [4.69, 9.17) is 16.7 Å². The Balaban J connectivity index is 1.94. The molecule has 2 aromatic rings. The lowest BCUT2D eigenvalue weighted by Gasteiger charge is -2.16. The SMILES string of the molecule is C=C/C(=C\C=C(/C)Cl)Cn1cc(C(=O)CNCCCO)c(=O)nc1Nc1ccc2c(c1)SC(C)N2. The first-order chi connectivity index (χ1) is 16.8. The highest BCUT2D eigenvalue weighted by atomic mass is 35.5. The number of halogens is 1. The summed E-state index contributed by atoms with van der Waals surface area (Å²) in [5.74, 6) is -0.0570. The van der Waals surface area contributed by atoms with Gasteiger partial charge in [-0.05, 0) is 56.7 Å². The summed E-state index contributed by atoms with van der Waals surface area (Å²) in [4.78, 5) is 30.8. The van der Waals surface area contributed by atoms with Crippen LogP contribution in [0, 0.1) is 0 Å². The van der Waals surface area contributed by atoms with Gasteiger partial charge in [-0.2, -0.15) is 4.98 Å². The number of allylic oxidation sites excluding steroid dienone is 5. The molecule has 0 fully saturated rings. The fraction of sp³-hybridized carbons (Fsp3) is 0.320. The lowest BCUT2D eigenvalue weighted by molar-refractivity contribution is 0.0988. The number of anilines is 3. The van der Waals surface area contributed by atoms with E-state index in [-0.39, 0.29) is 29.9 Å². The fourth-order valence-electron chi connectivity index (χ4n) is 3.39. The summed E-state index contributed by atoms with van der Waals surface area (Å²) >= 11 is 7.69. The van der Waals surface area contributed by atoms with E-state index in [9.17, 15) is 9.59 Å². The Morgan fingerprint density at radius 2 is 2.20 bits per heavy atom. The van der Waals surface area contributed by atoms with Gasteiger partial charge in [-0.25, -0.2) is 0 Å². The number of carbonyl (C=O) groups is 1. The molecule has 1 aliphatic heterocycles. The first-order valence-corrected chi connectivity index (χ1v) is 12.5. The number of fused-ring (bicyclic) bond motifs is 1. The summed E-state index contributed by atoms with van der Waals surface area (Å²) in [6.45, 7) is 8.52. The highest BCUT2D eigenvalue weighted by Gasteiger charge is 2.19. The highest BCUT2D eigenvalue weighted by Crippen LogP contribution is 2.39. The third-order valence-electron chi connectivity index (χ3n) is 5.13. The molecule has 35 heavy (non-hydrogen) atoms. The second-order valence-corrected chi connectivity index (χ2v) is 10.0. The number of hydrogen-bond acceptors (Lipinski definition) is 8. The van der Waals surface area contributed by atoms with Crippen LogP contribution in [0.4, 0.5) is 17.3 Å². The molecule has 2 heterocycles. The topological polar surface area (TPSA) is 108 Å². The van der Waals surface area contributed by atoms with E-state index in [1.165, 1.54) is 6.20 Å². The lowest BCUT2D eigenvalue weighted by atomic mass is 10.2. The molecule has 4 N–H and O–H groups in total. The number of hydrogen-bond donors (Lipinski definition) is 4. The van der Waals surface area contributed by atoms with Gasteiger partial charge < -0.3 is 25.6 Å². The van der Waals surface area contributed by atoms with Crippen molar-refractivity contribution < 1.29 is 9.90 Å². The van der Waals surface area contributed by atoms with Gasteiger partial charge >= 0.3 is 0 Å².